The molecule has 382 valence electrons. The van der Waals surface area contributed by atoms with Crippen molar-refractivity contribution >= 4 is 54.5 Å². The van der Waals surface area contributed by atoms with Gasteiger partial charge in [-0.25, -0.2) is 9.97 Å². The number of aromatic nitrogens is 4. The Morgan fingerprint density at radius 2 is 1.28 bits per heavy atom. The molecule has 4 aromatic carbocycles. The number of nitrogens with two attached hydrogens (primary N) is 2. The Balaban J connectivity index is 0.860. The van der Waals surface area contributed by atoms with Gasteiger partial charge in [0.1, 0.15) is 17.0 Å². The molecule has 0 spiro atoms. The van der Waals surface area contributed by atoms with Crippen LogP contribution in [0.15, 0.2) is 127 Å². The fourth-order valence-electron chi connectivity index (χ4n) is 9.56. The van der Waals surface area contributed by atoms with Gasteiger partial charge in [-0.05, 0) is 150 Å². The van der Waals surface area contributed by atoms with Crippen LogP contribution < -0.4 is 22.1 Å². The van der Waals surface area contributed by atoms with Crippen LogP contribution in [0.1, 0.15) is 83.8 Å². The van der Waals surface area contributed by atoms with Crippen LogP contribution in [0.25, 0.3) is 42.4 Å². The third-order valence-corrected chi connectivity index (χ3v) is 15.6. The van der Waals surface area contributed by atoms with E-state index in [0.29, 0.717) is 78.0 Å². The first-order valence-corrected chi connectivity index (χ1v) is 26.2. The van der Waals surface area contributed by atoms with Crippen LogP contribution in [0.4, 0.5) is 36.6 Å². The molecule has 0 saturated heterocycles. The maximum absolute atomic E-state index is 13.1. The quantitative estimate of drug-likeness (QED) is 0.0562. The third-order valence-electron chi connectivity index (χ3n) is 13.5. The maximum Gasteiger partial charge on any atom is 0.416 e. The van der Waals surface area contributed by atoms with Crippen LogP contribution >= 0.6 is 22.7 Å². The number of thiazole rings is 2. The number of allylic oxidation sites excluding steroid dienone is 2. The molecule has 1 fully saturated rings. The number of nitrogens with zero attached hydrogens (tertiary/aromatic N) is 4. The summed E-state index contributed by atoms with van der Waals surface area (Å²) in [6.45, 7) is 0.650. The maximum atomic E-state index is 13.1. The van der Waals surface area contributed by atoms with E-state index in [1.165, 1.54) is 46.9 Å². The van der Waals surface area contributed by atoms with E-state index in [1.807, 2.05) is 30.3 Å². The van der Waals surface area contributed by atoms with Crippen molar-refractivity contribution in [2.45, 2.75) is 87.3 Å². The highest BCUT2D eigenvalue weighted by Gasteiger charge is 2.38. The number of benzene rings is 4. The second-order valence-electron chi connectivity index (χ2n) is 19.1. The highest BCUT2D eigenvalue weighted by atomic mass is 32.1. The van der Waals surface area contributed by atoms with Crippen molar-refractivity contribution in [3.63, 3.8) is 0 Å². The number of hydrogen-bond donors (Lipinski definition) is 5. The second-order valence-corrected chi connectivity index (χ2v) is 21.1. The first kappa shape index (κ1) is 51.4. The summed E-state index contributed by atoms with van der Waals surface area (Å²) in [6, 6.07) is 25.4. The largest absolute Gasteiger partial charge is 0.416 e. The number of pyridine rings is 2. The number of alkyl halides is 6. The van der Waals surface area contributed by atoms with E-state index < -0.39 is 35.1 Å². The van der Waals surface area contributed by atoms with Crippen molar-refractivity contribution < 1.29 is 31.4 Å². The van der Waals surface area contributed by atoms with Crippen molar-refractivity contribution in [1.82, 2.24) is 19.9 Å². The first-order valence-electron chi connectivity index (χ1n) is 24.5. The standard InChI is InChI=1S/C58H50F6N8OS2/c59-57(60,61)44-13-5-36(6-14-44)27-46(65)33-69-54-71-49(18-9-35-3-1-2-4-35)52(74-54)41-12-17-48-39(30-41)22-26-68-51(48)42-19-23-56(73,31-42)24-20-50-53(40-10-11-43-32-67-25-21-38(43)29-40)75-55(72-50)70-34-47(66)28-37-7-15-45(16-8-37)58(62,63)64/h3,5-8,10-17,21-22,25-26,29-30,32,42,46-47,73H,1-2,4,19,23,27-28,31,33-34,65-66H2,(H,69,71)(H,70,72)/t42?,46-,47-,56?/m0/s1. The van der Waals surface area contributed by atoms with Gasteiger partial charge in [0.25, 0.3) is 0 Å². The highest BCUT2D eigenvalue weighted by Crippen LogP contribution is 2.44. The van der Waals surface area contributed by atoms with Gasteiger partial charge in [-0.1, -0.05) is 89.1 Å². The number of fused-ring (bicyclic) bond motifs is 2. The molecule has 2 aliphatic rings. The molecule has 0 amide bonds. The van der Waals surface area contributed by atoms with Gasteiger partial charge in [0, 0.05) is 60.5 Å². The lowest BCUT2D eigenvalue weighted by molar-refractivity contribution is -0.138. The van der Waals surface area contributed by atoms with E-state index in [4.69, 9.17) is 26.4 Å². The van der Waals surface area contributed by atoms with Crippen LogP contribution in [-0.4, -0.2) is 55.8 Å². The molecule has 2 unspecified atom stereocenters. The van der Waals surface area contributed by atoms with Crippen LogP contribution in [-0.2, 0) is 25.2 Å². The molecule has 0 bridgehead atoms. The van der Waals surface area contributed by atoms with E-state index in [1.54, 1.807) is 18.6 Å². The highest BCUT2D eigenvalue weighted by molar-refractivity contribution is 7.19. The SMILES string of the molecule is N[C@H](CNc1nc(C#CC2(O)CCC(c3nccc4cc(-c5sc(NC[C@@H](N)Cc6ccc(C(F)(F)F)cc6)nc5C#CC5=CCCC5)ccc34)C2)c(-c2ccc3cnccc3c2)s1)Cc1ccc(C(F)(F)F)cc1. The van der Waals surface area contributed by atoms with Gasteiger partial charge >= 0.3 is 12.4 Å². The number of anilines is 2. The summed E-state index contributed by atoms with van der Waals surface area (Å²) >= 11 is 2.87. The number of hydrogen-bond acceptors (Lipinski definition) is 11. The Bertz CT molecular complexity index is 3530. The van der Waals surface area contributed by atoms with Gasteiger partial charge in [-0.15, -0.1) is 0 Å². The number of rotatable bonds is 13. The number of nitrogens with one attached hydrogen (secondary N) is 2. The van der Waals surface area contributed by atoms with E-state index in [2.05, 4.69) is 63.6 Å². The molecule has 8 aromatic rings. The predicted octanol–water partition coefficient (Wildman–Crippen LogP) is 12.5. The summed E-state index contributed by atoms with van der Waals surface area (Å²) in [5.74, 6) is 13.0. The van der Waals surface area contributed by atoms with Crippen molar-refractivity contribution in [3.05, 3.63) is 167 Å². The molecular formula is C58H50F6N8OS2. The minimum atomic E-state index is -4.42. The normalized spacial score (nSPS) is 17.5. The molecule has 17 heteroatoms. The van der Waals surface area contributed by atoms with Gasteiger partial charge < -0.3 is 27.2 Å². The molecule has 4 aromatic heterocycles. The van der Waals surface area contributed by atoms with E-state index in [9.17, 15) is 31.4 Å². The third kappa shape index (κ3) is 12.4. The van der Waals surface area contributed by atoms with E-state index in [0.717, 1.165) is 97.2 Å². The smallest absolute Gasteiger partial charge is 0.378 e. The Hall–Kier alpha value is -7.12. The molecule has 0 radical (unpaired) electrons. The molecule has 2 aliphatic carbocycles. The summed E-state index contributed by atoms with van der Waals surface area (Å²) in [7, 11) is 0. The van der Waals surface area contributed by atoms with Crippen LogP contribution in [0.5, 0.6) is 0 Å². The average Bonchev–Trinajstić information content (AvgIpc) is 4.24. The van der Waals surface area contributed by atoms with Gasteiger partial charge in [0.2, 0.25) is 0 Å². The van der Waals surface area contributed by atoms with Crippen LogP contribution in [0.3, 0.4) is 0 Å². The molecule has 4 heterocycles. The fraction of sp³-hybridized carbons (Fsp3) is 0.276. The van der Waals surface area contributed by atoms with Gasteiger partial charge in [-0.3, -0.25) is 9.97 Å². The fourth-order valence-corrected chi connectivity index (χ4v) is 11.4. The van der Waals surface area contributed by atoms with Crippen molar-refractivity contribution in [1.29, 1.82) is 0 Å². The lowest BCUT2D eigenvalue weighted by atomic mass is 9.94. The van der Waals surface area contributed by atoms with E-state index >= 15 is 0 Å². The van der Waals surface area contributed by atoms with Gasteiger partial charge in [-0.2, -0.15) is 26.3 Å². The van der Waals surface area contributed by atoms with Crippen LogP contribution in [0, 0.1) is 23.7 Å². The zero-order valence-corrected chi connectivity index (χ0v) is 42.0. The monoisotopic (exact) mass is 1050 g/mol. The molecule has 4 atom stereocenters. The molecule has 75 heavy (non-hydrogen) atoms. The molecule has 10 rings (SSSR count). The Morgan fingerprint density at radius 1 is 0.693 bits per heavy atom. The minimum Gasteiger partial charge on any atom is -0.378 e. The number of halogens is 6. The Labute approximate surface area is 437 Å². The molecule has 9 nitrogen and oxygen atoms in total. The Kier molecular flexibility index (Phi) is 14.8. The first-order chi connectivity index (χ1) is 36.0. The van der Waals surface area contributed by atoms with Gasteiger partial charge in [0.05, 0.1) is 26.6 Å². The summed E-state index contributed by atoms with van der Waals surface area (Å²) in [4.78, 5) is 20.6. The van der Waals surface area contributed by atoms with Crippen LogP contribution in [0.2, 0.25) is 0 Å². The molecule has 0 aliphatic heterocycles. The molecule has 1 saturated carbocycles. The minimum absolute atomic E-state index is 0.0849. The van der Waals surface area contributed by atoms with Crippen molar-refractivity contribution in [2.75, 3.05) is 23.7 Å². The Morgan fingerprint density at radius 3 is 1.88 bits per heavy atom. The lowest BCUT2D eigenvalue weighted by Crippen LogP contribution is -2.31. The van der Waals surface area contributed by atoms with Crippen molar-refractivity contribution in [2.24, 2.45) is 11.5 Å². The second kappa shape index (κ2) is 21.6. The summed E-state index contributed by atoms with van der Waals surface area (Å²) in [5, 5.41) is 23.8. The van der Waals surface area contributed by atoms with Gasteiger partial charge in [0.15, 0.2) is 10.3 Å². The summed E-state index contributed by atoms with van der Waals surface area (Å²) in [5.41, 5.74) is 16.5. The van der Waals surface area contributed by atoms with Crippen molar-refractivity contribution in [3.8, 4) is 44.6 Å². The zero-order valence-electron chi connectivity index (χ0n) is 40.3. The topological polar surface area (TPSA) is 148 Å². The zero-order chi connectivity index (χ0) is 52.3. The predicted molar refractivity (Wildman–Crippen MR) is 286 cm³/mol. The van der Waals surface area contributed by atoms with E-state index in [-0.39, 0.29) is 12.0 Å². The molecular weight excluding hydrogens is 1000 g/mol. The number of aliphatic hydroxyl groups is 1. The lowest BCUT2D eigenvalue weighted by Gasteiger charge is -2.16. The summed E-state index contributed by atoms with van der Waals surface area (Å²) < 4.78 is 78.8. The molecule has 7 N–H and O–H groups in total. The average molecular weight is 1050 g/mol. The summed E-state index contributed by atoms with van der Waals surface area (Å²) in [6.07, 6.45) is 3.84.